The van der Waals surface area contributed by atoms with Gasteiger partial charge in [0.1, 0.15) is 11.9 Å². The number of guanidine groups is 1. The molecule has 6 nitrogen and oxygen atoms in total. The van der Waals surface area contributed by atoms with E-state index in [1.54, 1.807) is 7.05 Å². The Balaban J connectivity index is 0.00000261. The Morgan fingerprint density at radius 1 is 1.30 bits per heavy atom. The van der Waals surface area contributed by atoms with Crippen molar-refractivity contribution in [3.63, 3.8) is 0 Å². The molecular formula is C18H25BrFIN4O2. The number of halogens is 3. The Morgan fingerprint density at radius 3 is 2.59 bits per heavy atom. The molecule has 9 heteroatoms. The highest BCUT2D eigenvalue weighted by molar-refractivity contribution is 14.0. The predicted molar refractivity (Wildman–Crippen MR) is 117 cm³/mol. The Bertz CT molecular complexity index is 657. The summed E-state index contributed by atoms with van der Waals surface area (Å²) >= 11 is 3.31. The maximum Gasteiger partial charge on any atom is 0.251 e. The molecule has 1 N–H and O–H groups in total. The number of carbonyl (C=O) groups excluding carboxylic acids is 1. The fourth-order valence-electron chi connectivity index (χ4n) is 3.34. The summed E-state index contributed by atoms with van der Waals surface area (Å²) in [6, 6.07) is 4.81. The standard InChI is InChI=1S/C18H24BrFN4O2.HI/c1-21-18(22-12-13-9-14(19)11-15(20)10-13)24-6-4-23(5-7-24)17(25)16-3-2-8-26-16;/h9-11,16H,2-8,12H2,1H3,(H,21,22);1H. The summed E-state index contributed by atoms with van der Waals surface area (Å²) in [4.78, 5) is 20.7. The van der Waals surface area contributed by atoms with E-state index in [1.165, 1.54) is 12.1 Å². The van der Waals surface area contributed by atoms with Crippen LogP contribution in [-0.2, 0) is 16.1 Å². The third kappa shape index (κ3) is 6.02. The van der Waals surface area contributed by atoms with E-state index in [9.17, 15) is 9.18 Å². The third-order valence-electron chi connectivity index (χ3n) is 4.68. The molecule has 0 radical (unpaired) electrons. The van der Waals surface area contributed by atoms with E-state index in [0.29, 0.717) is 43.8 Å². The number of hydrogen-bond acceptors (Lipinski definition) is 3. The summed E-state index contributed by atoms with van der Waals surface area (Å²) in [7, 11) is 1.73. The van der Waals surface area contributed by atoms with Crippen molar-refractivity contribution in [1.82, 2.24) is 15.1 Å². The molecule has 0 aromatic heterocycles. The number of amides is 1. The van der Waals surface area contributed by atoms with E-state index in [0.717, 1.165) is 24.4 Å². The molecular weight excluding hydrogens is 530 g/mol. The number of carbonyl (C=O) groups is 1. The van der Waals surface area contributed by atoms with Gasteiger partial charge in [-0.05, 0) is 36.6 Å². The minimum atomic E-state index is -0.271. The minimum Gasteiger partial charge on any atom is -0.368 e. The smallest absolute Gasteiger partial charge is 0.251 e. The zero-order valence-corrected chi connectivity index (χ0v) is 19.2. The first-order valence-electron chi connectivity index (χ1n) is 8.88. The first-order chi connectivity index (χ1) is 12.6. The van der Waals surface area contributed by atoms with Crippen LogP contribution in [0.15, 0.2) is 27.7 Å². The highest BCUT2D eigenvalue weighted by Crippen LogP contribution is 2.17. The molecule has 1 aromatic carbocycles. The van der Waals surface area contributed by atoms with Crippen LogP contribution in [0.2, 0.25) is 0 Å². The Kier molecular flexibility index (Phi) is 8.74. The van der Waals surface area contributed by atoms with Gasteiger partial charge in [0.2, 0.25) is 0 Å². The van der Waals surface area contributed by atoms with Gasteiger partial charge >= 0.3 is 0 Å². The lowest BCUT2D eigenvalue weighted by Crippen LogP contribution is -2.55. The summed E-state index contributed by atoms with van der Waals surface area (Å²) in [6.45, 7) is 3.91. The molecule has 2 heterocycles. The first-order valence-corrected chi connectivity index (χ1v) is 9.67. The number of benzene rings is 1. The van der Waals surface area contributed by atoms with Gasteiger partial charge in [0.25, 0.3) is 5.91 Å². The van der Waals surface area contributed by atoms with E-state index < -0.39 is 0 Å². The number of hydrogen-bond donors (Lipinski definition) is 1. The first kappa shape index (κ1) is 22.4. The van der Waals surface area contributed by atoms with Crippen molar-refractivity contribution in [1.29, 1.82) is 0 Å². The molecule has 1 unspecified atom stereocenters. The lowest BCUT2D eigenvalue weighted by atomic mass is 10.2. The van der Waals surface area contributed by atoms with Crippen LogP contribution in [0.3, 0.4) is 0 Å². The molecule has 2 saturated heterocycles. The van der Waals surface area contributed by atoms with Gasteiger partial charge in [0.15, 0.2) is 5.96 Å². The highest BCUT2D eigenvalue weighted by Gasteiger charge is 2.30. The van der Waals surface area contributed by atoms with Gasteiger partial charge in [-0.2, -0.15) is 0 Å². The Hall–Kier alpha value is -0.940. The van der Waals surface area contributed by atoms with Crippen molar-refractivity contribution < 1.29 is 13.9 Å². The monoisotopic (exact) mass is 554 g/mol. The molecule has 1 amide bonds. The average molecular weight is 555 g/mol. The van der Waals surface area contributed by atoms with Crippen molar-refractivity contribution >= 4 is 51.8 Å². The molecule has 3 rings (SSSR count). The van der Waals surface area contributed by atoms with Crippen LogP contribution >= 0.6 is 39.9 Å². The molecule has 27 heavy (non-hydrogen) atoms. The van der Waals surface area contributed by atoms with E-state index in [4.69, 9.17) is 4.74 Å². The van der Waals surface area contributed by atoms with Crippen LogP contribution in [0.25, 0.3) is 0 Å². The minimum absolute atomic E-state index is 0. The van der Waals surface area contributed by atoms with Crippen LogP contribution in [0.1, 0.15) is 18.4 Å². The van der Waals surface area contributed by atoms with E-state index in [2.05, 4.69) is 31.1 Å². The van der Waals surface area contributed by atoms with Crippen LogP contribution < -0.4 is 5.32 Å². The van der Waals surface area contributed by atoms with Crippen LogP contribution in [0, 0.1) is 5.82 Å². The van der Waals surface area contributed by atoms with Crippen LogP contribution in [0.5, 0.6) is 0 Å². The molecule has 2 aliphatic rings. The summed E-state index contributed by atoms with van der Waals surface area (Å²) in [6.07, 6.45) is 1.53. The van der Waals surface area contributed by atoms with Crippen molar-refractivity contribution in [2.45, 2.75) is 25.5 Å². The van der Waals surface area contributed by atoms with Crippen molar-refractivity contribution in [2.75, 3.05) is 39.8 Å². The highest BCUT2D eigenvalue weighted by atomic mass is 127. The number of piperazine rings is 1. The summed E-state index contributed by atoms with van der Waals surface area (Å²) < 4.78 is 19.7. The van der Waals surface area contributed by atoms with Gasteiger partial charge in [-0.15, -0.1) is 24.0 Å². The SMILES string of the molecule is CN=C(NCc1cc(F)cc(Br)c1)N1CCN(C(=O)C2CCCO2)CC1.I. The fraction of sp³-hybridized carbons (Fsp3) is 0.556. The molecule has 1 aromatic rings. The molecule has 2 aliphatic heterocycles. The van der Waals surface area contributed by atoms with Crippen molar-refractivity contribution in [3.8, 4) is 0 Å². The molecule has 0 saturated carbocycles. The molecule has 1 atom stereocenters. The molecule has 0 aliphatic carbocycles. The van der Waals surface area contributed by atoms with Crippen molar-refractivity contribution in [2.24, 2.45) is 4.99 Å². The maximum absolute atomic E-state index is 13.5. The van der Waals surface area contributed by atoms with Gasteiger partial charge in [0.05, 0.1) is 0 Å². The largest absolute Gasteiger partial charge is 0.368 e. The van der Waals surface area contributed by atoms with E-state index >= 15 is 0 Å². The maximum atomic E-state index is 13.5. The van der Waals surface area contributed by atoms with Gasteiger partial charge in [-0.3, -0.25) is 9.79 Å². The Labute approximate surface area is 184 Å². The van der Waals surface area contributed by atoms with Gasteiger partial charge in [0, 0.05) is 50.9 Å². The number of ether oxygens (including phenoxy) is 1. The lowest BCUT2D eigenvalue weighted by molar-refractivity contribution is -0.142. The number of nitrogens with zero attached hydrogens (tertiary/aromatic N) is 3. The zero-order valence-electron chi connectivity index (χ0n) is 15.3. The second-order valence-corrected chi connectivity index (χ2v) is 7.41. The normalized spacial score (nSPS) is 20.4. The number of rotatable bonds is 3. The summed E-state index contributed by atoms with van der Waals surface area (Å²) in [5, 5.41) is 3.27. The fourth-order valence-corrected chi connectivity index (χ4v) is 3.85. The van der Waals surface area contributed by atoms with Gasteiger partial charge < -0.3 is 19.9 Å². The second-order valence-electron chi connectivity index (χ2n) is 6.49. The number of nitrogens with one attached hydrogen (secondary N) is 1. The number of aliphatic imine (C=N–C) groups is 1. The third-order valence-corrected chi connectivity index (χ3v) is 5.14. The average Bonchev–Trinajstić information content (AvgIpc) is 3.16. The van der Waals surface area contributed by atoms with Gasteiger partial charge in [-0.1, -0.05) is 15.9 Å². The van der Waals surface area contributed by atoms with Crippen LogP contribution in [-0.4, -0.2) is 67.6 Å². The van der Waals surface area contributed by atoms with E-state index in [-0.39, 0.29) is 41.8 Å². The van der Waals surface area contributed by atoms with E-state index in [1.807, 2.05) is 11.0 Å². The lowest BCUT2D eigenvalue weighted by Gasteiger charge is -2.37. The summed E-state index contributed by atoms with van der Waals surface area (Å²) in [5.41, 5.74) is 0.838. The second kappa shape index (κ2) is 10.6. The molecule has 2 fully saturated rings. The zero-order chi connectivity index (χ0) is 18.5. The Morgan fingerprint density at radius 2 is 2.00 bits per heavy atom. The molecule has 150 valence electrons. The quantitative estimate of drug-likeness (QED) is 0.354. The van der Waals surface area contributed by atoms with Crippen molar-refractivity contribution in [3.05, 3.63) is 34.1 Å². The van der Waals surface area contributed by atoms with Gasteiger partial charge in [-0.25, -0.2) is 4.39 Å². The predicted octanol–water partition coefficient (Wildman–Crippen LogP) is 2.60. The topological polar surface area (TPSA) is 57.2 Å². The van der Waals surface area contributed by atoms with Crippen LogP contribution in [0.4, 0.5) is 4.39 Å². The summed E-state index contributed by atoms with van der Waals surface area (Å²) in [5.74, 6) is 0.594. The molecule has 0 bridgehead atoms. The molecule has 0 spiro atoms.